The van der Waals surface area contributed by atoms with E-state index >= 15 is 0 Å². The van der Waals surface area contributed by atoms with Crippen molar-refractivity contribution < 1.29 is 9.26 Å². The zero-order chi connectivity index (χ0) is 13.0. The second kappa shape index (κ2) is 5.97. The number of ether oxygens (including phenoxy) is 1. The van der Waals surface area contributed by atoms with Crippen LogP contribution in [-0.2, 0) is 11.2 Å². The van der Waals surface area contributed by atoms with Gasteiger partial charge in [-0.25, -0.2) is 0 Å². The lowest BCUT2D eigenvalue weighted by Gasteiger charge is -2.01. The highest BCUT2D eigenvalue weighted by Gasteiger charge is 2.12. The van der Waals surface area contributed by atoms with Crippen LogP contribution in [-0.4, -0.2) is 23.9 Å². The number of anilines is 1. The smallest absolute Gasteiger partial charge is 0.260 e. The molecule has 0 fully saturated rings. The first-order valence-electron chi connectivity index (χ1n) is 5.58. The average Bonchev–Trinajstić information content (AvgIpc) is 2.82. The maximum absolute atomic E-state index is 5.95. The summed E-state index contributed by atoms with van der Waals surface area (Å²) in [7, 11) is 1.67. The summed E-state index contributed by atoms with van der Waals surface area (Å²) in [6, 6.07) is 5.60. The lowest BCUT2D eigenvalue weighted by molar-refractivity contribution is 0.194. The maximum atomic E-state index is 5.95. The number of benzene rings is 1. The molecule has 2 aromatic rings. The molecule has 0 spiro atoms. The first kappa shape index (κ1) is 13.0. The Labute approximate surface area is 113 Å². The van der Waals surface area contributed by atoms with Gasteiger partial charge in [0.1, 0.15) is 0 Å². The lowest BCUT2D eigenvalue weighted by atomic mass is 10.2. The van der Waals surface area contributed by atoms with Crippen molar-refractivity contribution in [3.63, 3.8) is 0 Å². The van der Waals surface area contributed by atoms with Gasteiger partial charge in [-0.2, -0.15) is 4.98 Å². The molecule has 0 atom stereocenters. The first-order chi connectivity index (χ1) is 8.72. The fraction of sp³-hybridized carbons (Fsp3) is 0.333. The molecule has 96 valence electrons. The van der Waals surface area contributed by atoms with Gasteiger partial charge in [-0.15, -0.1) is 0 Å². The van der Waals surface area contributed by atoms with Crippen molar-refractivity contribution in [2.45, 2.75) is 12.8 Å². The summed E-state index contributed by atoms with van der Waals surface area (Å²) in [6.45, 7) is 0.683. The minimum Gasteiger partial charge on any atom is -0.397 e. The molecule has 18 heavy (non-hydrogen) atoms. The van der Waals surface area contributed by atoms with E-state index in [9.17, 15) is 0 Å². The molecule has 2 rings (SSSR count). The molecule has 2 N–H and O–H groups in total. The third-order valence-corrected chi connectivity index (χ3v) is 3.19. The first-order valence-corrected chi connectivity index (χ1v) is 6.37. The van der Waals surface area contributed by atoms with Gasteiger partial charge in [0.15, 0.2) is 5.82 Å². The molecule has 0 saturated carbocycles. The summed E-state index contributed by atoms with van der Waals surface area (Å²) in [5, 5.41) is 3.92. The largest absolute Gasteiger partial charge is 0.397 e. The molecule has 1 heterocycles. The second-order valence-corrected chi connectivity index (χ2v) is 4.67. The third kappa shape index (κ3) is 2.88. The number of hydrogen-bond acceptors (Lipinski definition) is 5. The van der Waals surface area contributed by atoms with Gasteiger partial charge in [-0.1, -0.05) is 11.2 Å². The fourth-order valence-corrected chi connectivity index (χ4v) is 1.93. The number of hydrogen-bond donors (Lipinski definition) is 1. The fourth-order valence-electron chi connectivity index (χ4n) is 1.56. The zero-order valence-corrected chi connectivity index (χ0v) is 11.6. The predicted octanol–water partition coefficient (Wildman–Crippen LogP) is 2.66. The van der Waals surface area contributed by atoms with E-state index in [2.05, 4.69) is 26.1 Å². The van der Waals surface area contributed by atoms with E-state index in [4.69, 9.17) is 15.0 Å². The quantitative estimate of drug-likeness (QED) is 0.678. The van der Waals surface area contributed by atoms with E-state index in [1.807, 2.05) is 18.2 Å². The summed E-state index contributed by atoms with van der Waals surface area (Å²) in [5.74, 6) is 1.11. The molecule has 0 aliphatic heterocycles. The molecule has 1 aromatic carbocycles. The van der Waals surface area contributed by atoms with Gasteiger partial charge in [0, 0.05) is 24.6 Å². The van der Waals surface area contributed by atoms with E-state index in [0.717, 1.165) is 22.9 Å². The molecule has 0 saturated heterocycles. The van der Waals surface area contributed by atoms with Crippen LogP contribution in [0, 0.1) is 0 Å². The van der Waals surface area contributed by atoms with Crippen molar-refractivity contribution in [1.82, 2.24) is 10.1 Å². The Hall–Kier alpha value is -1.40. The molecule has 5 nitrogen and oxygen atoms in total. The predicted molar refractivity (Wildman–Crippen MR) is 72.0 cm³/mol. The summed E-state index contributed by atoms with van der Waals surface area (Å²) in [6.07, 6.45) is 1.59. The minimum atomic E-state index is 0.446. The summed E-state index contributed by atoms with van der Waals surface area (Å²) in [5.41, 5.74) is 7.30. The Morgan fingerprint density at radius 3 is 3.06 bits per heavy atom. The Balaban J connectivity index is 2.16. The summed E-state index contributed by atoms with van der Waals surface area (Å²) < 4.78 is 11.0. The summed E-state index contributed by atoms with van der Waals surface area (Å²) in [4.78, 5) is 4.32. The number of nitrogens with two attached hydrogens (primary N) is 1. The van der Waals surface area contributed by atoms with Crippen LogP contribution in [0.1, 0.15) is 12.2 Å². The monoisotopic (exact) mass is 311 g/mol. The van der Waals surface area contributed by atoms with Gasteiger partial charge < -0.3 is 15.0 Å². The van der Waals surface area contributed by atoms with Gasteiger partial charge in [0.2, 0.25) is 0 Å². The van der Waals surface area contributed by atoms with Crippen LogP contribution >= 0.6 is 15.9 Å². The maximum Gasteiger partial charge on any atom is 0.260 e. The SMILES string of the molecule is COCCCc1noc(-c2cccc(Br)c2N)n1. The average molecular weight is 312 g/mol. The van der Waals surface area contributed by atoms with Gasteiger partial charge in [0.25, 0.3) is 5.89 Å². The minimum absolute atomic E-state index is 0.446. The highest BCUT2D eigenvalue weighted by molar-refractivity contribution is 9.10. The van der Waals surface area contributed by atoms with Crippen LogP contribution < -0.4 is 5.73 Å². The van der Waals surface area contributed by atoms with Crippen LogP contribution in [0.25, 0.3) is 11.5 Å². The number of nitrogens with zero attached hydrogens (tertiary/aromatic N) is 2. The van der Waals surface area contributed by atoms with E-state index in [1.54, 1.807) is 7.11 Å². The molecule has 0 radical (unpaired) electrons. The Morgan fingerprint density at radius 2 is 2.28 bits per heavy atom. The van der Waals surface area contributed by atoms with Gasteiger partial charge in [0.05, 0.1) is 11.3 Å². The lowest BCUT2D eigenvalue weighted by Crippen LogP contribution is -1.95. The standard InChI is InChI=1S/C12H14BrN3O2/c1-17-7-3-6-10-15-12(18-16-10)8-4-2-5-9(13)11(8)14/h2,4-5H,3,6-7,14H2,1H3. The molecule has 1 aromatic heterocycles. The number of aryl methyl sites for hydroxylation is 1. The van der Waals surface area contributed by atoms with E-state index in [0.29, 0.717) is 24.0 Å². The van der Waals surface area contributed by atoms with Crippen molar-refractivity contribution in [2.75, 3.05) is 19.5 Å². The zero-order valence-electron chi connectivity index (χ0n) is 10.0. The van der Waals surface area contributed by atoms with Crippen molar-refractivity contribution in [2.24, 2.45) is 0 Å². The Bertz CT molecular complexity index is 528. The van der Waals surface area contributed by atoms with E-state index in [1.165, 1.54) is 0 Å². The molecule has 0 aliphatic rings. The van der Waals surface area contributed by atoms with E-state index < -0.39 is 0 Å². The number of methoxy groups -OCH3 is 1. The van der Waals surface area contributed by atoms with Crippen LogP contribution in [0.4, 0.5) is 5.69 Å². The number of rotatable bonds is 5. The van der Waals surface area contributed by atoms with Crippen LogP contribution in [0.3, 0.4) is 0 Å². The summed E-state index contributed by atoms with van der Waals surface area (Å²) >= 11 is 3.37. The van der Waals surface area contributed by atoms with Crippen LogP contribution in [0.5, 0.6) is 0 Å². The number of nitrogen functional groups attached to an aromatic ring is 1. The normalized spacial score (nSPS) is 10.8. The molecule has 6 heteroatoms. The van der Waals surface area contributed by atoms with Crippen molar-refractivity contribution in [1.29, 1.82) is 0 Å². The Kier molecular flexibility index (Phi) is 4.33. The molecule has 0 aliphatic carbocycles. The number of aromatic nitrogens is 2. The molecular weight excluding hydrogens is 298 g/mol. The number of para-hydroxylation sites is 1. The number of halogens is 1. The third-order valence-electron chi connectivity index (χ3n) is 2.50. The van der Waals surface area contributed by atoms with Gasteiger partial charge in [-0.3, -0.25) is 0 Å². The van der Waals surface area contributed by atoms with Crippen molar-refractivity contribution in [3.05, 3.63) is 28.5 Å². The van der Waals surface area contributed by atoms with Crippen LogP contribution in [0.2, 0.25) is 0 Å². The topological polar surface area (TPSA) is 74.2 Å². The van der Waals surface area contributed by atoms with Crippen molar-refractivity contribution >= 4 is 21.6 Å². The van der Waals surface area contributed by atoms with Crippen molar-refractivity contribution in [3.8, 4) is 11.5 Å². The van der Waals surface area contributed by atoms with Gasteiger partial charge >= 0.3 is 0 Å². The highest BCUT2D eigenvalue weighted by atomic mass is 79.9. The van der Waals surface area contributed by atoms with Gasteiger partial charge in [-0.05, 0) is 34.5 Å². The molecule has 0 unspecified atom stereocenters. The Morgan fingerprint density at radius 1 is 1.44 bits per heavy atom. The highest BCUT2D eigenvalue weighted by Crippen LogP contribution is 2.30. The molecule has 0 bridgehead atoms. The van der Waals surface area contributed by atoms with Crippen LogP contribution in [0.15, 0.2) is 27.2 Å². The van der Waals surface area contributed by atoms with E-state index in [-0.39, 0.29) is 0 Å². The molecular formula is C12H14BrN3O2. The second-order valence-electron chi connectivity index (χ2n) is 3.81. The molecule has 0 amide bonds.